The van der Waals surface area contributed by atoms with Crippen molar-refractivity contribution in [3.05, 3.63) is 10.0 Å². The fourth-order valence-corrected chi connectivity index (χ4v) is 3.08. The summed E-state index contributed by atoms with van der Waals surface area (Å²) in [6.45, 7) is 0.631. The van der Waals surface area contributed by atoms with Crippen LogP contribution in [0.4, 0.5) is 5.13 Å². The molecule has 0 N–H and O–H groups in total. The number of aromatic nitrogens is 1. The zero-order chi connectivity index (χ0) is 11.7. The lowest BCUT2D eigenvalue weighted by molar-refractivity contribution is -0.117. The van der Waals surface area contributed by atoms with Gasteiger partial charge >= 0.3 is 0 Å². The molecule has 4 nitrogen and oxygen atoms in total. The number of amides is 1. The Morgan fingerprint density at radius 3 is 2.94 bits per heavy atom. The second-order valence-electron chi connectivity index (χ2n) is 3.50. The Labute approximate surface area is 110 Å². The Morgan fingerprint density at radius 1 is 1.69 bits per heavy atom. The molecule has 1 atom stereocenters. The van der Waals surface area contributed by atoms with Gasteiger partial charge in [-0.05, 0) is 5.92 Å². The third kappa shape index (κ3) is 2.14. The van der Waals surface area contributed by atoms with Crippen LogP contribution in [-0.2, 0) is 4.79 Å². The quantitative estimate of drug-likeness (QED) is 0.634. The van der Waals surface area contributed by atoms with Gasteiger partial charge < -0.3 is 0 Å². The maximum atomic E-state index is 11.7. The van der Waals surface area contributed by atoms with Crippen molar-refractivity contribution in [2.45, 2.75) is 6.42 Å². The molecule has 0 radical (unpaired) electrons. The van der Waals surface area contributed by atoms with Crippen LogP contribution in [0.5, 0.6) is 0 Å². The van der Waals surface area contributed by atoms with E-state index in [1.807, 2.05) is 0 Å². The lowest BCUT2D eigenvalue weighted by atomic mass is 10.2. The topological polar surface area (TPSA) is 50.3 Å². The van der Waals surface area contributed by atoms with E-state index in [4.69, 9.17) is 11.6 Å². The Morgan fingerprint density at radius 2 is 2.44 bits per heavy atom. The highest BCUT2D eigenvalue weighted by molar-refractivity contribution is 9.09. The summed E-state index contributed by atoms with van der Waals surface area (Å²) >= 11 is 10.3. The van der Waals surface area contributed by atoms with Crippen LogP contribution in [0.25, 0.3) is 0 Å². The van der Waals surface area contributed by atoms with Gasteiger partial charge in [0, 0.05) is 18.3 Å². The molecule has 1 amide bonds. The average Bonchev–Trinajstić information content (AvgIpc) is 2.81. The normalized spacial score (nSPS) is 20.5. The molecule has 1 aliphatic rings. The molecular formula is C9H8BrClN2O2S. The summed E-state index contributed by atoms with van der Waals surface area (Å²) < 4.78 is 0. The van der Waals surface area contributed by atoms with E-state index in [1.165, 1.54) is 0 Å². The van der Waals surface area contributed by atoms with Crippen molar-refractivity contribution in [1.82, 2.24) is 4.98 Å². The van der Waals surface area contributed by atoms with Crippen LogP contribution < -0.4 is 4.90 Å². The maximum Gasteiger partial charge on any atom is 0.229 e. The molecule has 86 valence electrons. The summed E-state index contributed by atoms with van der Waals surface area (Å²) in [5, 5.41) is 1.47. The number of hydrogen-bond donors (Lipinski definition) is 0. The molecule has 0 aromatic carbocycles. The fraction of sp³-hybridized carbons (Fsp3) is 0.444. The summed E-state index contributed by atoms with van der Waals surface area (Å²) in [7, 11) is 0. The molecule has 2 heterocycles. The molecule has 0 bridgehead atoms. The molecule has 0 spiro atoms. The largest absolute Gasteiger partial charge is 0.297 e. The minimum atomic E-state index is 0.0346. The van der Waals surface area contributed by atoms with Crippen molar-refractivity contribution in [2.24, 2.45) is 5.92 Å². The second-order valence-corrected chi connectivity index (χ2v) is 5.51. The molecular weight excluding hydrogens is 316 g/mol. The Balaban J connectivity index is 2.24. The number of halogens is 2. The van der Waals surface area contributed by atoms with E-state index >= 15 is 0 Å². The Hall–Kier alpha value is -0.460. The monoisotopic (exact) mass is 322 g/mol. The molecule has 1 unspecified atom stereocenters. The predicted octanol–water partition coefficient (Wildman–Crippen LogP) is 2.36. The van der Waals surface area contributed by atoms with Gasteiger partial charge in [-0.1, -0.05) is 38.9 Å². The van der Waals surface area contributed by atoms with Gasteiger partial charge in [-0.25, -0.2) is 4.98 Å². The maximum absolute atomic E-state index is 11.7. The summed E-state index contributed by atoms with van der Waals surface area (Å²) in [6.07, 6.45) is 1.17. The van der Waals surface area contributed by atoms with E-state index in [-0.39, 0.29) is 11.1 Å². The van der Waals surface area contributed by atoms with Gasteiger partial charge in [-0.15, -0.1) is 0 Å². The number of anilines is 1. The van der Waals surface area contributed by atoms with E-state index < -0.39 is 0 Å². The number of carbonyl (C=O) groups is 2. The number of nitrogens with zero attached hydrogens (tertiary/aromatic N) is 2. The number of alkyl halides is 1. The van der Waals surface area contributed by atoms with Crippen LogP contribution in [0.15, 0.2) is 0 Å². The number of carbonyl (C=O) groups excluding carboxylic acids is 2. The zero-order valence-corrected chi connectivity index (χ0v) is 11.3. The number of aldehydes is 1. The number of thiazole rings is 1. The minimum Gasteiger partial charge on any atom is -0.297 e. The molecule has 2 rings (SSSR count). The molecule has 1 saturated heterocycles. The highest BCUT2D eigenvalue weighted by atomic mass is 79.9. The highest BCUT2D eigenvalue weighted by Crippen LogP contribution is 2.32. The first kappa shape index (κ1) is 12.0. The van der Waals surface area contributed by atoms with Gasteiger partial charge in [0.1, 0.15) is 4.88 Å². The summed E-state index contributed by atoms with van der Waals surface area (Å²) in [4.78, 5) is 28.3. The third-order valence-corrected chi connectivity index (χ3v) is 4.68. The number of rotatable bonds is 3. The first-order valence-electron chi connectivity index (χ1n) is 4.63. The lowest BCUT2D eigenvalue weighted by Gasteiger charge is -2.11. The van der Waals surface area contributed by atoms with Crippen molar-refractivity contribution in [3.8, 4) is 0 Å². The predicted molar refractivity (Wildman–Crippen MR) is 66.8 cm³/mol. The van der Waals surface area contributed by atoms with E-state index in [0.717, 1.165) is 16.7 Å². The van der Waals surface area contributed by atoms with Crippen LogP contribution >= 0.6 is 38.9 Å². The molecule has 1 aromatic rings. The molecule has 1 aromatic heterocycles. The summed E-state index contributed by atoms with van der Waals surface area (Å²) in [6, 6.07) is 0. The van der Waals surface area contributed by atoms with Crippen LogP contribution in [0, 0.1) is 5.92 Å². The van der Waals surface area contributed by atoms with Crippen molar-refractivity contribution >= 4 is 56.2 Å². The zero-order valence-electron chi connectivity index (χ0n) is 8.15. The van der Waals surface area contributed by atoms with E-state index in [2.05, 4.69) is 20.9 Å². The van der Waals surface area contributed by atoms with Crippen molar-refractivity contribution in [3.63, 3.8) is 0 Å². The van der Waals surface area contributed by atoms with Gasteiger partial charge in [0.2, 0.25) is 5.91 Å². The Bertz CT molecular complexity index is 437. The van der Waals surface area contributed by atoms with Gasteiger partial charge in [0.15, 0.2) is 16.6 Å². The van der Waals surface area contributed by atoms with Crippen LogP contribution in [0.1, 0.15) is 16.1 Å². The molecule has 16 heavy (non-hydrogen) atoms. The fourth-order valence-electron chi connectivity index (χ4n) is 1.56. The third-order valence-electron chi connectivity index (χ3n) is 2.36. The summed E-state index contributed by atoms with van der Waals surface area (Å²) in [5.41, 5.74) is 0. The number of hydrogen-bond acceptors (Lipinski definition) is 4. The van der Waals surface area contributed by atoms with E-state index in [0.29, 0.717) is 35.2 Å². The van der Waals surface area contributed by atoms with Crippen LogP contribution in [-0.4, -0.2) is 29.1 Å². The Kier molecular flexibility index (Phi) is 3.61. The average molecular weight is 324 g/mol. The van der Waals surface area contributed by atoms with Crippen LogP contribution in [0.3, 0.4) is 0 Å². The van der Waals surface area contributed by atoms with Crippen molar-refractivity contribution in [2.75, 3.05) is 16.8 Å². The smallest absolute Gasteiger partial charge is 0.229 e. The highest BCUT2D eigenvalue weighted by Gasteiger charge is 2.32. The van der Waals surface area contributed by atoms with E-state index in [9.17, 15) is 9.59 Å². The SMILES string of the molecule is O=Cc1sc(N2CC(CBr)CC2=O)nc1Cl. The molecule has 0 aliphatic carbocycles. The lowest BCUT2D eigenvalue weighted by Crippen LogP contribution is -2.24. The first-order valence-corrected chi connectivity index (χ1v) is 6.95. The van der Waals surface area contributed by atoms with Gasteiger partial charge in [0.05, 0.1) is 0 Å². The molecule has 1 aliphatic heterocycles. The molecule has 0 saturated carbocycles. The minimum absolute atomic E-state index is 0.0346. The van der Waals surface area contributed by atoms with Crippen molar-refractivity contribution in [1.29, 1.82) is 0 Å². The summed E-state index contributed by atoms with van der Waals surface area (Å²) in [5.74, 6) is 0.335. The standard InChI is InChI=1S/C9H8BrClN2O2S/c10-2-5-1-7(15)13(3-5)9-12-8(11)6(4-14)16-9/h4-5H,1-3H2. The molecule has 7 heteroatoms. The first-order chi connectivity index (χ1) is 7.65. The van der Waals surface area contributed by atoms with Gasteiger partial charge in [-0.2, -0.15) is 0 Å². The van der Waals surface area contributed by atoms with Crippen molar-refractivity contribution < 1.29 is 9.59 Å². The van der Waals surface area contributed by atoms with Crippen LogP contribution in [0.2, 0.25) is 5.15 Å². The second kappa shape index (κ2) is 4.81. The van der Waals surface area contributed by atoms with Gasteiger partial charge in [-0.3, -0.25) is 14.5 Å². The molecule has 1 fully saturated rings. The van der Waals surface area contributed by atoms with Gasteiger partial charge in [0.25, 0.3) is 0 Å². The van der Waals surface area contributed by atoms with E-state index in [1.54, 1.807) is 4.90 Å².